The van der Waals surface area contributed by atoms with Crippen LogP contribution in [-0.4, -0.2) is 24.7 Å². The Morgan fingerprint density at radius 1 is 1.75 bits per heavy atom. The van der Waals surface area contributed by atoms with Crippen LogP contribution in [0.1, 0.15) is 0 Å². The van der Waals surface area contributed by atoms with Gasteiger partial charge in [-0.15, -0.1) is 12.4 Å². The predicted octanol–water partition coefficient (Wildman–Crippen LogP) is 0.340. The minimum absolute atomic E-state index is 0. The third kappa shape index (κ3) is 1.92. The van der Waals surface area contributed by atoms with Crippen LogP contribution in [0.3, 0.4) is 0 Å². The Hall–Kier alpha value is 0.110. The van der Waals surface area contributed by atoms with E-state index in [0.717, 1.165) is 24.7 Å². The van der Waals surface area contributed by atoms with Gasteiger partial charge in [-0.05, 0) is 0 Å². The van der Waals surface area contributed by atoms with Gasteiger partial charge in [0.15, 0.2) is 0 Å². The van der Waals surface area contributed by atoms with Crippen molar-refractivity contribution in [2.45, 2.75) is 0 Å². The molecule has 8 heavy (non-hydrogen) atoms. The topological polar surface area (TPSA) is 24.4 Å². The number of rotatable bonds is 1. The molecule has 0 spiro atoms. The second kappa shape index (κ2) is 4.04. The summed E-state index contributed by atoms with van der Waals surface area (Å²) in [4.78, 5) is 4.08. The van der Waals surface area contributed by atoms with E-state index in [-0.39, 0.29) is 12.4 Å². The Kier molecular flexibility index (Phi) is 4.09. The highest BCUT2D eigenvalue weighted by molar-refractivity contribution is 7.81. The molecule has 0 unspecified atom stereocenters. The third-order valence-corrected chi connectivity index (χ3v) is 1.19. The van der Waals surface area contributed by atoms with Crippen molar-refractivity contribution in [2.24, 2.45) is 4.99 Å². The summed E-state index contributed by atoms with van der Waals surface area (Å²) in [6.45, 7) is 1.92. The first-order chi connectivity index (χ1) is 3.43. The average molecular weight is 153 g/mol. The van der Waals surface area contributed by atoms with E-state index in [1.807, 2.05) is 0 Å². The first kappa shape index (κ1) is 8.11. The van der Waals surface area contributed by atoms with Crippen LogP contribution in [0.15, 0.2) is 4.99 Å². The van der Waals surface area contributed by atoms with E-state index in [9.17, 15) is 0 Å². The second-order valence-electron chi connectivity index (χ2n) is 1.41. The van der Waals surface area contributed by atoms with Gasteiger partial charge >= 0.3 is 0 Å². The Labute approximate surface area is 60.6 Å². The summed E-state index contributed by atoms with van der Waals surface area (Å²) in [6.07, 6.45) is 0. The Balaban J connectivity index is 0.000000490. The van der Waals surface area contributed by atoms with E-state index in [0.29, 0.717) is 0 Å². The van der Waals surface area contributed by atoms with Crippen LogP contribution in [0.25, 0.3) is 0 Å². The fraction of sp³-hybridized carbons (Fsp3) is 0.750. The maximum absolute atomic E-state index is 4.08. The van der Waals surface area contributed by atoms with Gasteiger partial charge in [0.05, 0.1) is 6.54 Å². The van der Waals surface area contributed by atoms with Crippen LogP contribution in [0, 0.1) is 0 Å². The van der Waals surface area contributed by atoms with Gasteiger partial charge in [-0.3, -0.25) is 4.99 Å². The molecule has 1 N–H and O–H groups in total. The van der Waals surface area contributed by atoms with Crippen molar-refractivity contribution in [1.82, 2.24) is 5.32 Å². The molecule has 1 aliphatic rings. The molecule has 0 saturated carbocycles. The summed E-state index contributed by atoms with van der Waals surface area (Å²) in [5.74, 6) is 1.78. The van der Waals surface area contributed by atoms with E-state index in [4.69, 9.17) is 0 Å². The zero-order chi connectivity index (χ0) is 5.11. The lowest BCUT2D eigenvalue weighted by atomic mass is 10.7. The lowest BCUT2D eigenvalue weighted by molar-refractivity contribution is 0.959. The normalized spacial score (nSPS) is 16.4. The summed E-state index contributed by atoms with van der Waals surface area (Å²) in [6, 6.07) is 0. The van der Waals surface area contributed by atoms with Gasteiger partial charge in [0, 0.05) is 12.3 Å². The van der Waals surface area contributed by atoms with Gasteiger partial charge in [0.2, 0.25) is 0 Å². The molecule has 4 heteroatoms. The van der Waals surface area contributed by atoms with E-state index in [2.05, 4.69) is 22.9 Å². The van der Waals surface area contributed by atoms with E-state index in [1.54, 1.807) is 0 Å². The maximum atomic E-state index is 4.08. The molecule has 2 nitrogen and oxygen atoms in total. The molecule has 0 atom stereocenters. The molecule has 0 amide bonds. The largest absolute Gasteiger partial charge is 0.371 e. The Morgan fingerprint density at radius 2 is 2.50 bits per heavy atom. The lowest BCUT2D eigenvalue weighted by Gasteiger charge is -1.91. The fourth-order valence-corrected chi connectivity index (χ4v) is 0.765. The zero-order valence-corrected chi connectivity index (χ0v) is 6.13. The molecule has 1 rings (SSSR count). The van der Waals surface area contributed by atoms with Crippen LogP contribution in [0.4, 0.5) is 0 Å². The summed E-state index contributed by atoms with van der Waals surface area (Å²) < 4.78 is 0. The van der Waals surface area contributed by atoms with Crippen molar-refractivity contribution < 1.29 is 0 Å². The molecule has 0 aromatic rings. The van der Waals surface area contributed by atoms with Crippen LogP contribution in [0.5, 0.6) is 0 Å². The van der Waals surface area contributed by atoms with Gasteiger partial charge in [-0.1, -0.05) is 0 Å². The molecule has 0 aromatic carbocycles. The second-order valence-corrected chi connectivity index (χ2v) is 1.73. The number of hydrogen-bond donors (Lipinski definition) is 2. The van der Waals surface area contributed by atoms with Crippen molar-refractivity contribution in [3.63, 3.8) is 0 Å². The highest BCUT2D eigenvalue weighted by atomic mass is 35.5. The van der Waals surface area contributed by atoms with Gasteiger partial charge in [0.25, 0.3) is 0 Å². The first-order valence-corrected chi connectivity index (χ1v) is 2.95. The van der Waals surface area contributed by atoms with Crippen LogP contribution < -0.4 is 5.32 Å². The quantitative estimate of drug-likeness (QED) is 0.521. The molecule has 0 fully saturated rings. The number of thiol groups is 1. The molecular weight excluding hydrogens is 144 g/mol. The van der Waals surface area contributed by atoms with Crippen LogP contribution in [0.2, 0.25) is 0 Å². The molecule has 48 valence electrons. The number of amidine groups is 1. The highest BCUT2D eigenvalue weighted by Gasteiger charge is 1.98. The number of halogens is 1. The van der Waals surface area contributed by atoms with Crippen LogP contribution >= 0.6 is 25.0 Å². The minimum atomic E-state index is 0. The molecule has 0 aromatic heterocycles. The third-order valence-electron chi connectivity index (χ3n) is 0.893. The van der Waals surface area contributed by atoms with E-state index in [1.165, 1.54) is 0 Å². The minimum Gasteiger partial charge on any atom is -0.371 e. The monoisotopic (exact) mass is 152 g/mol. The SMILES string of the molecule is Cl.SCC1=NCCN1. The molecule has 0 bridgehead atoms. The number of aliphatic imine (C=N–C) groups is 1. The zero-order valence-electron chi connectivity index (χ0n) is 4.42. The van der Waals surface area contributed by atoms with Crippen molar-refractivity contribution in [2.75, 3.05) is 18.8 Å². The van der Waals surface area contributed by atoms with Crippen molar-refractivity contribution in [3.05, 3.63) is 0 Å². The maximum Gasteiger partial charge on any atom is 0.106 e. The number of nitrogens with one attached hydrogen (secondary N) is 1. The smallest absolute Gasteiger partial charge is 0.106 e. The van der Waals surface area contributed by atoms with Crippen LogP contribution in [-0.2, 0) is 0 Å². The lowest BCUT2D eigenvalue weighted by Crippen LogP contribution is -2.19. The standard InChI is InChI=1S/C4H8N2S.ClH/c7-3-4-5-1-2-6-4;/h7H,1-3H2,(H,5,6);1H. The fourth-order valence-electron chi connectivity index (χ4n) is 0.553. The number of hydrogen-bond acceptors (Lipinski definition) is 3. The van der Waals surface area contributed by atoms with Gasteiger partial charge in [-0.25, -0.2) is 0 Å². The van der Waals surface area contributed by atoms with Gasteiger partial charge < -0.3 is 5.32 Å². The van der Waals surface area contributed by atoms with Crippen molar-refractivity contribution >= 4 is 30.9 Å². The molecule has 1 aliphatic heterocycles. The summed E-state index contributed by atoms with van der Waals surface area (Å²) in [7, 11) is 0. The first-order valence-electron chi connectivity index (χ1n) is 2.31. The number of nitrogens with zero attached hydrogens (tertiary/aromatic N) is 1. The summed E-state index contributed by atoms with van der Waals surface area (Å²) >= 11 is 4.02. The Bertz CT molecular complexity index is 94.0. The predicted molar refractivity (Wildman–Crippen MR) is 41.4 cm³/mol. The Morgan fingerprint density at radius 3 is 2.75 bits per heavy atom. The van der Waals surface area contributed by atoms with E-state index >= 15 is 0 Å². The molecular formula is C4H9ClN2S. The molecule has 0 radical (unpaired) electrons. The molecule has 0 aliphatic carbocycles. The molecule has 0 saturated heterocycles. The van der Waals surface area contributed by atoms with Gasteiger partial charge in [-0.2, -0.15) is 12.6 Å². The summed E-state index contributed by atoms with van der Waals surface area (Å²) in [5, 5.41) is 3.08. The van der Waals surface area contributed by atoms with Gasteiger partial charge in [0.1, 0.15) is 5.84 Å². The average Bonchev–Trinajstić information content (AvgIpc) is 2.14. The van der Waals surface area contributed by atoms with Crippen molar-refractivity contribution in [3.8, 4) is 0 Å². The highest BCUT2D eigenvalue weighted by Crippen LogP contribution is 1.85. The summed E-state index contributed by atoms with van der Waals surface area (Å²) in [5.41, 5.74) is 0. The van der Waals surface area contributed by atoms with E-state index < -0.39 is 0 Å². The van der Waals surface area contributed by atoms with Crippen molar-refractivity contribution in [1.29, 1.82) is 0 Å². The molecule has 1 heterocycles.